The lowest BCUT2D eigenvalue weighted by atomic mass is 9.96. The smallest absolute Gasteiger partial charge is 0.166 e. The van der Waals surface area contributed by atoms with Crippen molar-refractivity contribution in [3.05, 3.63) is 140 Å². The molecule has 47 heavy (non-hydrogen) atoms. The molecule has 0 bridgehead atoms. The molecule has 0 radical (unpaired) electrons. The molecule has 0 aliphatic carbocycles. The van der Waals surface area contributed by atoms with Crippen LogP contribution in [-0.4, -0.2) is 14.5 Å². The molecule has 3 nitrogen and oxygen atoms in total. The van der Waals surface area contributed by atoms with Crippen LogP contribution in [0.1, 0.15) is 0 Å². The van der Waals surface area contributed by atoms with Crippen LogP contribution < -0.4 is 0 Å². The molecule has 0 aliphatic rings. The molecule has 0 aliphatic heterocycles. The standard InChI is InChI=1S/C42H23N3S2/c1-2-13-25(14-3-1)37-41(44-42-38(43-37)30-19-9-11-21-32(30)47-42)45-31-20-10-8-18-29(31)34-27-16-6-7-17-28(27)36-35-26-15-5-4-12-24(26)22-23-33(35)46-40(36)39(34)45/h1-23H. The first-order valence-electron chi connectivity index (χ1n) is 15.8. The summed E-state index contributed by atoms with van der Waals surface area (Å²) in [4.78, 5) is 12.0. The van der Waals surface area contributed by atoms with Gasteiger partial charge in [0.25, 0.3) is 0 Å². The molecule has 11 rings (SSSR count). The molecule has 0 atom stereocenters. The Morgan fingerprint density at radius 1 is 0.468 bits per heavy atom. The number of nitrogens with zero attached hydrogens (tertiary/aromatic N) is 3. The summed E-state index contributed by atoms with van der Waals surface area (Å²) in [5, 5.41) is 11.4. The van der Waals surface area contributed by atoms with E-state index in [1.165, 1.54) is 62.7 Å². The molecule has 0 N–H and O–H groups in total. The van der Waals surface area contributed by atoms with Crippen LogP contribution in [0.25, 0.3) is 101 Å². The van der Waals surface area contributed by atoms with Crippen molar-refractivity contribution in [3.8, 4) is 17.1 Å². The lowest BCUT2D eigenvalue weighted by Gasteiger charge is -2.14. The Morgan fingerprint density at radius 3 is 2.00 bits per heavy atom. The SMILES string of the molecule is c1ccc(-c2nc3c(nc2-n2c4ccccc4c4c5ccccc5c5c(sc6ccc7ccccc7c65)c42)sc2ccccc23)cc1. The van der Waals surface area contributed by atoms with Crippen molar-refractivity contribution >= 4 is 107 Å². The van der Waals surface area contributed by atoms with E-state index in [0.717, 1.165) is 38.3 Å². The highest BCUT2D eigenvalue weighted by molar-refractivity contribution is 7.27. The van der Waals surface area contributed by atoms with E-state index in [0.29, 0.717) is 0 Å². The van der Waals surface area contributed by atoms with E-state index in [9.17, 15) is 0 Å². The lowest BCUT2D eigenvalue weighted by molar-refractivity contribution is 1.09. The third kappa shape index (κ3) is 3.45. The Balaban J connectivity index is 1.41. The fourth-order valence-corrected chi connectivity index (χ4v) is 9.91. The van der Waals surface area contributed by atoms with Crippen molar-refractivity contribution in [1.29, 1.82) is 0 Å². The first kappa shape index (κ1) is 25.6. The minimum Gasteiger partial charge on any atom is -0.290 e. The number of hydrogen-bond acceptors (Lipinski definition) is 4. The first-order valence-corrected chi connectivity index (χ1v) is 17.4. The average Bonchev–Trinajstić information content (AvgIpc) is 3.81. The topological polar surface area (TPSA) is 30.7 Å². The second kappa shape index (κ2) is 9.46. The minimum atomic E-state index is 0.861. The van der Waals surface area contributed by atoms with Gasteiger partial charge in [-0.1, -0.05) is 121 Å². The zero-order chi connectivity index (χ0) is 30.6. The molecule has 218 valence electrons. The Morgan fingerprint density at radius 2 is 1.15 bits per heavy atom. The Labute approximate surface area is 276 Å². The average molecular weight is 634 g/mol. The van der Waals surface area contributed by atoms with Crippen molar-refractivity contribution in [2.24, 2.45) is 0 Å². The summed E-state index contributed by atoms with van der Waals surface area (Å²) >= 11 is 3.60. The summed E-state index contributed by atoms with van der Waals surface area (Å²) < 4.78 is 6.18. The predicted octanol–water partition coefficient (Wildman–Crippen LogP) is 12.3. The lowest BCUT2D eigenvalue weighted by Crippen LogP contribution is -2.03. The van der Waals surface area contributed by atoms with Gasteiger partial charge in [-0.3, -0.25) is 4.57 Å². The third-order valence-electron chi connectivity index (χ3n) is 9.59. The van der Waals surface area contributed by atoms with Gasteiger partial charge in [-0.05, 0) is 39.7 Å². The van der Waals surface area contributed by atoms with Crippen LogP contribution in [0.3, 0.4) is 0 Å². The van der Waals surface area contributed by atoms with Crippen molar-refractivity contribution in [1.82, 2.24) is 14.5 Å². The zero-order valence-electron chi connectivity index (χ0n) is 24.9. The molecule has 5 heteroatoms. The number of para-hydroxylation sites is 1. The van der Waals surface area contributed by atoms with Gasteiger partial charge in [0, 0.05) is 41.9 Å². The quantitative estimate of drug-likeness (QED) is 0.190. The molecule has 0 fully saturated rings. The van der Waals surface area contributed by atoms with Crippen molar-refractivity contribution in [2.45, 2.75) is 0 Å². The molecular formula is C42H23N3S2. The fourth-order valence-electron chi connectivity index (χ4n) is 7.62. The van der Waals surface area contributed by atoms with Gasteiger partial charge in [0.05, 0.1) is 15.7 Å². The second-order valence-corrected chi connectivity index (χ2v) is 14.2. The zero-order valence-corrected chi connectivity index (χ0v) is 26.6. The summed E-state index contributed by atoms with van der Waals surface area (Å²) in [5.41, 5.74) is 5.22. The first-order chi connectivity index (χ1) is 23.3. The van der Waals surface area contributed by atoms with Crippen molar-refractivity contribution in [2.75, 3.05) is 0 Å². The largest absolute Gasteiger partial charge is 0.290 e. The molecule has 0 amide bonds. The summed E-state index contributed by atoms with van der Waals surface area (Å²) in [5.74, 6) is 0.861. The van der Waals surface area contributed by atoms with E-state index in [1.54, 1.807) is 11.3 Å². The van der Waals surface area contributed by atoms with E-state index in [2.05, 4.69) is 144 Å². The van der Waals surface area contributed by atoms with Gasteiger partial charge in [-0.15, -0.1) is 22.7 Å². The van der Waals surface area contributed by atoms with Gasteiger partial charge < -0.3 is 0 Å². The molecule has 7 aromatic carbocycles. The summed E-state index contributed by atoms with van der Waals surface area (Å²) in [7, 11) is 0. The van der Waals surface area contributed by atoms with Crippen LogP contribution in [0, 0.1) is 0 Å². The monoisotopic (exact) mass is 633 g/mol. The van der Waals surface area contributed by atoms with Gasteiger partial charge in [0.2, 0.25) is 0 Å². The summed E-state index contributed by atoms with van der Waals surface area (Å²) in [6, 6.07) is 50.1. The third-order valence-corrected chi connectivity index (χ3v) is 11.8. The summed E-state index contributed by atoms with van der Waals surface area (Å²) in [6.07, 6.45) is 0. The molecule has 4 heterocycles. The second-order valence-electron chi connectivity index (χ2n) is 12.1. The maximum Gasteiger partial charge on any atom is 0.166 e. The Kier molecular flexibility index (Phi) is 5.14. The molecule has 11 aromatic rings. The number of benzene rings is 7. The van der Waals surface area contributed by atoms with E-state index >= 15 is 0 Å². The van der Waals surface area contributed by atoms with Gasteiger partial charge in [0.1, 0.15) is 16.0 Å². The van der Waals surface area contributed by atoms with Gasteiger partial charge in [0.15, 0.2) is 5.82 Å². The van der Waals surface area contributed by atoms with E-state index in [-0.39, 0.29) is 0 Å². The van der Waals surface area contributed by atoms with Crippen LogP contribution in [0.15, 0.2) is 140 Å². The normalized spacial score (nSPS) is 12.3. The number of hydrogen-bond donors (Lipinski definition) is 0. The Hall–Kier alpha value is -5.62. The van der Waals surface area contributed by atoms with Crippen LogP contribution in [0.5, 0.6) is 0 Å². The summed E-state index contributed by atoms with van der Waals surface area (Å²) in [6.45, 7) is 0. The van der Waals surface area contributed by atoms with Crippen molar-refractivity contribution in [3.63, 3.8) is 0 Å². The highest BCUT2D eigenvalue weighted by atomic mass is 32.1. The molecular weight excluding hydrogens is 611 g/mol. The highest BCUT2D eigenvalue weighted by Gasteiger charge is 2.25. The number of rotatable bonds is 2. The Bertz CT molecular complexity index is 3070. The van der Waals surface area contributed by atoms with Crippen LogP contribution in [0.2, 0.25) is 0 Å². The highest BCUT2D eigenvalue weighted by Crippen LogP contribution is 2.50. The maximum absolute atomic E-state index is 5.55. The van der Waals surface area contributed by atoms with Gasteiger partial charge in [-0.25, -0.2) is 9.97 Å². The molecule has 0 unspecified atom stereocenters. The number of aromatic nitrogens is 3. The van der Waals surface area contributed by atoms with Crippen LogP contribution in [-0.2, 0) is 0 Å². The van der Waals surface area contributed by atoms with Crippen LogP contribution in [0.4, 0.5) is 0 Å². The van der Waals surface area contributed by atoms with E-state index in [4.69, 9.17) is 9.97 Å². The van der Waals surface area contributed by atoms with Crippen LogP contribution >= 0.6 is 22.7 Å². The predicted molar refractivity (Wildman–Crippen MR) is 203 cm³/mol. The molecule has 4 aromatic heterocycles. The maximum atomic E-state index is 5.55. The van der Waals surface area contributed by atoms with E-state index in [1.807, 2.05) is 11.3 Å². The van der Waals surface area contributed by atoms with Crippen molar-refractivity contribution < 1.29 is 0 Å². The van der Waals surface area contributed by atoms with E-state index < -0.39 is 0 Å². The van der Waals surface area contributed by atoms with Gasteiger partial charge >= 0.3 is 0 Å². The number of fused-ring (bicyclic) bond motifs is 15. The molecule has 0 saturated heterocycles. The molecule has 0 spiro atoms. The molecule has 0 saturated carbocycles. The van der Waals surface area contributed by atoms with Gasteiger partial charge in [-0.2, -0.15) is 0 Å². The minimum absolute atomic E-state index is 0.861. The number of thiophene rings is 2. The fraction of sp³-hybridized carbons (Fsp3) is 0.